The first-order valence-corrected chi connectivity index (χ1v) is 9.00. The van der Waals surface area contributed by atoms with Gasteiger partial charge in [0.15, 0.2) is 0 Å². The zero-order valence-electron chi connectivity index (χ0n) is 14.4. The van der Waals surface area contributed by atoms with Crippen molar-refractivity contribution in [2.45, 2.75) is 50.2 Å². The molecule has 1 aliphatic carbocycles. The van der Waals surface area contributed by atoms with Crippen LogP contribution in [0.2, 0.25) is 0 Å². The molecule has 3 rings (SSSR count). The smallest absolute Gasteiger partial charge is 0.317 e. The van der Waals surface area contributed by atoms with Crippen LogP contribution in [0.3, 0.4) is 0 Å². The summed E-state index contributed by atoms with van der Waals surface area (Å²) in [5, 5.41) is 22.5. The maximum absolute atomic E-state index is 12.6. The van der Waals surface area contributed by atoms with E-state index in [1.165, 1.54) is 0 Å². The average molecular weight is 346 g/mol. The lowest BCUT2D eigenvalue weighted by Crippen LogP contribution is -2.46. The van der Waals surface area contributed by atoms with Gasteiger partial charge >= 0.3 is 12.0 Å². The first-order valence-electron chi connectivity index (χ1n) is 9.00. The first-order chi connectivity index (χ1) is 12.0. The number of likely N-dealkylation sites (tertiary alicyclic amines) is 1. The van der Waals surface area contributed by atoms with Crippen molar-refractivity contribution in [3.05, 3.63) is 35.9 Å². The van der Waals surface area contributed by atoms with Crippen molar-refractivity contribution in [2.24, 2.45) is 5.92 Å². The Kier molecular flexibility index (Phi) is 5.27. The van der Waals surface area contributed by atoms with Crippen LogP contribution in [0, 0.1) is 5.92 Å². The fourth-order valence-corrected chi connectivity index (χ4v) is 3.63. The van der Waals surface area contributed by atoms with Gasteiger partial charge in [-0.25, -0.2) is 4.79 Å². The van der Waals surface area contributed by atoms with E-state index in [0.29, 0.717) is 38.3 Å². The molecule has 2 atom stereocenters. The molecule has 2 fully saturated rings. The summed E-state index contributed by atoms with van der Waals surface area (Å²) in [5.74, 6) is -0.533. The molecule has 3 N–H and O–H groups in total. The van der Waals surface area contributed by atoms with E-state index in [1.54, 1.807) is 4.90 Å². The number of aliphatic carboxylic acids is 1. The van der Waals surface area contributed by atoms with Crippen molar-refractivity contribution in [1.82, 2.24) is 10.2 Å². The molecule has 1 aliphatic heterocycles. The van der Waals surface area contributed by atoms with Crippen LogP contribution < -0.4 is 5.32 Å². The number of carbonyl (C=O) groups is 2. The van der Waals surface area contributed by atoms with Gasteiger partial charge in [0.05, 0.1) is 12.1 Å². The molecule has 6 heteroatoms. The van der Waals surface area contributed by atoms with Crippen LogP contribution in [0.15, 0.2) is 30.3 Å². The van der Waals surface area contributed by atoms with Crippen LogP contribution in [0.5, 0.6) is 0 Å². The fourth-order valence-electron chi connectivity index (χ4n) is 3.63. The van der Waals surface area contributed by atoms with E-state index in [-0.39, 0.29) is 18.5 Å². The summed E-state index contributed by atoms with van der Waals surface area (Å²) < 4.78 is 0. The molecule has 136 valence electrons. The van der Waals surface area contributed by atoms with Gasteiger partial charge in [0.2, 0.25) is 0 Å². The number of amides is 2. The standard InChI is InChI=1S/C19H26N2O4/c22-17(23)9-8-16(12-14-4-2-1-3-5-14)20-18(24)21-11-10-19(25,13-21)15-6-7-15/h1-5,15-16,25H,6-13H2,(H,20,24)(H,22,23). The van der Waals surface area contributed by atoms with Gasteiger partial charge in [0.1, 0.15) is 0 Å². The molecule has 1 saturated heterocycles. The molecule has 1 aromatic carbocycles. The highest BCUT2D eigenvalue weighted by atomic mass is 16.4. The average Bonchev–Trinajstić information content (AvgIpc) is 3.37. The van der Waals surface area contributed by atoms with E-state index < -0.39 is 11.6 Å². The summed E-state index contributed by atoms with van der Waals surface area (Å²) in [4.78, 5) is 25.2. The number of β-amino-alcohol motifs (C(OH)–C–C–N with tert-alkyl or cyclic N) is 1. The van der Waals surface area contributed by atoms with Gasteiger partial charge in [-0.1, -0.05) is 30.3 Å². The van der Waals surface area contributed by atoms with Crippen LogP contribution >= 0.6 is 0 Å². The molecule has 2 aliphatic rings. The molecule has 6 nitrogen and oxygen atoms in total. The predicted molar refractivity (Wildman–Crippen MR) is 93.2 cm³/mol. The van der Waals surface area contributed by atoms with Gasteiger partial charge in [-0.15, -0.1) is 0 Å². The van der Waals surface area contributed by atoms with Crippen LogP contribution in [0.25, 0.3) is 0 Å². The molecule has 25 heavy (non-hydrogen) atoms. The van der Waals surface area contributed by atoms with Gasteiger partial charge < -0.3 is 20.4 Å². The third kappa shape index (κ3) is 4.72. The molecular weight excluding hydrogens is 320 g/mol. The van der Waals surface area contributed by atoms with E-state index in [1.807, 2.05) is 30.3 Å². The molecular formula is C19H26N2O4. The number of nitrogens with one attached hydrogen (secondary N) is 1. The van der Waals surface area contributed by atoms with Crippen molar-refractivity contribution >= 4 is 12.0 Å². The highest BCUT2D eigenvalue weighted by Gasteiger charge is 2.49. The van der Waals surface area contributed by atoms with Gasteiger partial charge in [-0.2, -0.15) is 0 Å². The number of carboxylic acids is 1. The van der Waals surface area contributed by atoms with Crippen molar-refractivity contribution in [1.29, 1.82) is 0 Å². The van der Waals surface area contributed by atoms with Crippen molar-refractivity contribution in [2.75, 3.05) is 13.1 Å². The van der Waals surface area contributed by atoms with Crippen molar-refractivity contribution in [3.8, 4) is 0 Å². The summed E-state index contributed by atoms with van der Waals surface area (Å²) in [6, 6.07) is 9.30. The number of rotatable bonds is 7. The van der Waals surface area contributed by atoms with E-state index >= 15 is 0 Å². The zero-order valence-corrected chi connectivity index (χ0v) is 14.4. The number of nitrogens with zero attached hydrogens (tertiary/aromatic N) is 1. The Bertz CT molecular complexity index is 617. The molecule has 1 heterocycles. The Hall–Kier alpha value is -2.08. The Labute approximate surface area is 147 Å². The van der Waals surface area contributed by atoms with Crippen LogP contribution in [0.4, 0.5) is 4.79 Å². The molecule has 0 bridgehead atoms. The number of aliphatic hydroxyl groups is 1. The Morgan fingerprint density at radius 2 is 2.00 bits per heavy atom. The quantitative estimate of drug-likeness (QED) is 0.704. The Balaban J connectivity index is 1.58. The largest absolute Gasteiger partial charge is 0.481 e. The molecule has 2 amide bonds. The highest BCUT2D eigenvalue weighted by Crippen LogP contribution is 2.44. The summed E-state index contributed by atoms with van der Waals surface area (Å²) >= 11 is 0. The number of carboxylic acid groups (broad SMARTS) is 1. The summed E-state index contributed by atoms with van der Waals surface area (Å²) in [5.41, 5.74) is 0.335. The summed E-state index contributed by atoms with van der Waals surface area (Å²) in [6.07, 6.45) is 3.72. The lowest BCUT2D eigenvalue weighted by molar-refractivity contribution is -0.137. The number of hydrogen-bond donors (Lipinski definition) is 3. The van der Waals surface area contributed by atoms with Crippen molar-refractivity contribution in [3.63, 3.8) is 0 Å². The number of urea groups is 1. The number of carbonyl (C=O) groups excluding carboxylic acids is 1. The molecule has 2 unspecified atom stereocenters. The minimum atomic E-state index is -0.864. The highest BCUT2D eigenvalue weighted by molar-refractivity contribution is 5.75. The fraction of sp³-hybridized carbons (Fsp3) is 0.579. The maximum Gasteiger partial charge on any atom is 0.317 e. The second kappa shape index (κ2) is 7.44. The second-order valence-corrected chi connectivity index (χ2v) is 7.32. The van der Waals surface area contributed by atoms with E-state index in [4.69, 9.17) is 5.11 Å². The first kappa shape index (κ1) is 17.7. The molecule has 1 saturated carbocycles. The van der Waals surface area contributed by atoms with Gasteiger partial charge in [0.25, 0.3) is 0 Å². The van der Waals surface area contributed by atoms with E-state index in [2.05, 4.69) is 5.32 Å². The maximum atomic E-state index is 12.6. The monoisotopic (exact) mass is 346 g/mol. The summed E-state index contributed by atoms with van der Waals surface area (Å²) in [6.45, 7) is 0.927. The molecule has 0 aromatic heterocycles. The number of hydrogen-bond acceptors (Lipinski definition) is 3. The topological polar surface area (TPSA) is 89.9 Å². The minimum absolute atomic E-state index is 0.0177. The zero-order chi connectivity index (χ0) is 17.9. The normalized spacial score (nSPS) is 24.1. The van der Waals surface area contributed by atoms with E-state index in [9.17, 15) is 14.7 Å². The molecule has 0 radical (unpaired) electrons. The summed E-state index contributed by atoms with van der Waals surface area (Å²) in [7, 11) is 0. The Morgan fingerprint density at radius 3 is 2.64 bits per heavy atom. The van der Waals surface area contributed by atoms with E-state index in [0.717, 1.165) is 18.4 Å². The molecule has 0 spiro atoms. The Morgan fingerprint density at radius 1 is 1.28 bits per heavy atom. The lowest BCUT2D eigenvalue weighted by Gasteiger charge is -2.25. The predicted octanol–water partition coefficient (Wildman–Crippen LogP) is 2.02. The van der Waals surface area contributed by atoms with Crippen LogP contribution in [-0.2, 0) is 11.2 Å². The van der Waals surface area contributed by atoms with Gasteiger partial charge in [-0.3, -0.25) is 4.79 Å². The third-order valence-electron chi connectivity index (χ3n) is 5.26. The lowest BCUT2D eigenvalue weighted by atomic mass is 9.97. The van der Waals surface area contributed by atoms with Gasteiger partial charge in [0, 0.05) is 19.0 Å². The van der Waals surface area contributed by atoms with Gasteiger partial charge in [-0.05, 0) is 43.6 Å². The van der Waals surface area contributed by atoms with Crippen LogP contribution in [0.1, 0.15) is 37.7 Å². The minimum Gasteiger partial charge on any atom is -0.481 e. The van der Waals surface area contributed by atoms with Crippen LogP contribution in [-0.4, -0.2) is 51.8 Å². The SMILES string of the molecule is O=C(O)CCC(Cc1ccccc1)NC(=O)N1CCC(O)(C2CC2)C1. The number of benzene rings is 1. The molecule has 1 aromatic rings. The van der Waals surface area contributed by atoms with Crippen molar-refractivity contribution < 1.29 is 19.8 Å². The second-order valence-electron chi connectivity index (χ2n) is 7.32. The third-order valence-corrected chi connectivity index (χ3v) is 5.26.